The fraction of sp³-hybridized carbons (Fsp3) is 0.455. The molecular weight excluding hydrogens is 236 g/mol. The highest BCUT2D eigenvalue weighted by molar-refractivity contribution is 5.91. The van der Waals surface area contributed by atoms with Crippen molar-refractivity contribution in [1.82, 2.24) is 14.9 Å². The molecule has 96 valence electrons. The summed E-state index contributed by atoms with van der Waals surface area (Å²) in [7, 11) is 0. The number of nitrogens with zero attached hydrogens (tertiary/aromatic N) is 3. The molecule has 0 radical (unpaired) electrons. The van der Waals surface area contributed by atoms with Gasteiger partial charge in [0, 0.05) is 12.4 Å². The van der Waals surface area contributed by atoms with Gasteiger partial charge in [0.1, 0.15) is 6.04 Å². The van der Waals surface area contributed by atoms with Crippen LogP contribution in [0.2, 0.25) is 0 Å². The fourth-order valence-electron chi connectivity index (χ4n) is 2.01. The van der Waals surface area contributed by atoms with E-state index in [0.717, 1.165) is 6.42 Å². The van der Waals surface area contributed by atoms with Crippen LogP contribution in [0, 0.1) is 0 Å². The van der Waals surface area contributed by atoms with Gasteiger partial charge in [-0.1, -0.05) is 0 Å². The van der Waals surface area contributed by atoms with Gasteiger partial charge in [0.05, 0.1) is 6.54 Å². The zero-order valence-electron chi connectivity index (χ0n) is 9.74. The molecule has 1 saturated heterocycles. The first-order valence-corrected chi connectivity index (χ1v) is 5.70. The summed E-state index contributed by atoms with van der Waals surface area (Å²) in [5, 5.41) is 11.5. The van der Waals surface area contributed by atoms with E-state index in [2.05, 4.69) is 15.3 Å². The van der Waals surface area contributed by atoms with Crippen molar-refractivity contribution in [1.29, 1.82) is 0 Å². The third kappa shape index (κ3) is 3.01. The van der Waals surface area contributed by atoms with Crippen LogP contribution >= 0.6 is 0 Å². The number of rotatable bonds is 4. The van der Waals surface area contributed by atoms with Gasteiger partial charge in [-0.15, -0.1) is 0 Å². The Morgan fingerprint density at radius 3 is 2.83 bits per heavy atom. The smallest absolute Gasteiger partial charge is 0.320 e. The van der Waals surface area contributed by atoms with Gasteiger partial charge in [-0.25, -0.2) is 9.97 Å². The van der Waals surface area contributed by atoms with Crippen LogP contribution in [0.5, 0.6) is 0 Å². The summed E-state index contributed by atoms with van der Waals surface area (Å²) in [5.41, 5.74) is 0. The molecule has 1 aromatic rings. The zero-order chi connectivity index (χ0) is 13.0. The maximum Gasteiger partial charge on any atom is 0.320 e. The van der Waals surface area contributed by atoms with Gasteiger partial charge in [-0.05, 0) is 25.5 Å². The Hall–Kier alpha value is -2.02. The van der Waals surface area contributed by atoms with Gasteiger partial charge in [0.25, 0.3) is 0 Å². The minimum Gasteiger partial charge on any atom is -0.480 e. The summed E-state index contributed by atoms with van der Waals surface area (Å²) >= 11 is 0. The number of carbonyl (C=O) groups excluding carboxylic acids is 1. The number of aliphatic carboxylic acids is 1. The first-order valence-electron chi connectivity index (χ1n) is 5.70. The molecule has 2 rings (SSSR count). The molecule has 1 aromatic heterocycles. The van der Waals surface area contributed by atoms with Crippen LogP contribution in [-0.4, -0.2) is 51.0 Å². The number of likely N-dealkylation sites (tertiary alicyclic amines) is 1. The minimum absolute atomic E-state index is 0.0508. The summed E-state index contributed by atoms with van der Waals surface area (Å²) in [6, 6.07) is 1.09. The van der Waals surface area contributed by atoms with Crippen molar-refractivity contribution in [3.63, 3.8) is 0 Å². The highest BCUT2D eigenvalue weighted by atomic mass is 16.4. The lowest BCUT2D eigenvalue weighted by atomic mass is 10.2. The summed E-state index contributed by atoms with van der Waals surface area (Å²) in [4.78, 5) is 32.1. The maximum atomic E-state index is 11.7. The normalized spacial score (nSPS) is 19.7. The second-order valence-electron chi connectivity index (χ2n) is 4.09. The van der Waals surface area contributed by atoms with Gasteiger partial charge in [0.15, 0.2) is 0 Å². The number of amides is 1. The average molecular weight is 250 g/mol. The first-order chi connectivity index (χ1) is 8.66. The Morgan fingerprint density at radius 1 is 1.44 bits per heavy atom. The highest BCUT2D eigenvalue weighted by Gasteiger charge is 2.31. The number of carboxylic acid groups (broad SMARTS) is 1. The van der Waals surface area contributed by atoms with Crippen LogP contribution < -0.4 is 5.32 Å². The van der Waals surface area contributed by atoms with Crippen molar-refractivity contribution in [3.8, 4) is 0 Å². The average Bonchev–Trinajstić information content (AvgIpc) is 2.78. The van der Waals surface area contributed by atoms with Crippen LogP contribution in [0.15, 0.2) is 18.5 Å². The summed E-state index contributed by atoms with van der Waals surface area (Å²) in [6.45, 7) is 0.676. The molecule has 0 aromatic carbocycles. The number of nitrogens with one attached hydrogen (secondary N) is 1. The molecule has 1 aliphatic rings. The Labute approximate surface area is 104 Å². The predicted molar refractivity (Wildman–Crippen MR) is 62.9 cm³/mol. The van der Waals surface area contributed by atoms with Gasteiger partial charge in [-0.2, -0.15) is 0 Å². The van der Waals surface area contributed by atoms with Crippen LogP contribution in [-0.2, 0) is 9.59 Å². The summed E-state index contributed by atoms with van der Waals surface area (Å²) in [6.07, 6.45) is 4.44. The van der Waals surface area contributed by atoms with Crippen molar-refractivity contribution in [2.45, 2.75) is 18.9 Å². The van der Waals surface area contributed by atoms with Crippen LogP contribution in [0.25, 0.3) is 0 Å². The number of aromatic nitrogens is 2. The molecule has 2 heterocycles. The second kappa shape index (κ2) is 5.54. The third-order valence-electron chi connectivity index (χ3n) is 2.81. The van der Waals surface area contributed by atoms with Gasteiger partial charge in [0.2, 0.25) is 11.9 Å². The van der Waals surface area contributed by atoms with Gasteiger partial charge < -0.3 is 5.11 Å². The molecule has 1 aliphatic heterocycles. The molecule has 0 saturated carbocycles. The Bertz CT molecular complexity index is 437. The third-order valence-corrected chi connectivity index (χ3v) is 2.81. The van der Waals surface area contributed by atoms with E-state index in [1.54, 1.807) is 11.0 Å². The lowest BCUT2D eigenvalue weighted by Gasteiger charge is -2.19. The van der Waals surface area contributed by atoms with E-state index in [9.17, 15) is 9.59 Å². The minimum atomic E-state index is -0.878. The van der Waals surface area contributed by atoms with Gasteiger partial charge >= 0.3 is 5.97 Å². The number of carbonyl (C=O) groups is 2. The molecule has 1 atom stereocenters. The van der Waals surface area contributed by atoms with E-state index in [1.807, 2.05) is 0 Å². The molecule has 0 aliphatic carbocycles. The first kappa shape index (κ1) is 12.4. The van der Waals surface area contributed by atoms with Crippen molar-refractivity contribution < 1.29 is 14.7 Å². The summed E-state index contributed by atoms with van der Waals surface area (Å²) in [5.74, 6) is -0.945. The van der Waals surface area contributed by atoms with E-state index >= 15 is 0 Å². The molecule has 7 heteroatoms. The zero-order valence-corrected chi connectivity index (χ0v) is 9.74. The largest absolute Gasteiger partial charge is 0.480 e. The number of hydrogen-bond acceptors (Lipinski definition) is 5. The molecule has 1 unspecified atom stereocenters. The van der Waals surface area contributed by atoms with Crippen molar-refractivity contribution >= 4 is 17.8 Å². The van der Waals surface area contributed by atoms with E-state index in [1.165, 1.54) is 12.4 Å². The highest BCUT2D eigenvalue weighted by Crippen LogP contribution is 2.16. The number of anilines is 1. The van der Waals surface area contributed by atoms with Crippen LogP contribution in [0.3, 0.4) is 0 Å². The SMILES string of the molecule is O=C(CN1CCCC1C(=O)O)Nc1ncccn1. The molecule has 1 amide bonds. The molecule has 18 heavy (non-hydrogen) atoms. The van der Waals surface area contributed by atoms with E-state index < -0.39 is 12.0 Å². The van der Waals surface area contributed by atoms with E-state index in [4.69, 9.17) is 5.11 Å². The van der Waals surface area contributed by atoms with E-state index in [0.29, 0.717) is 13.0 Å². The molecule has 7 nitrogen and oxygen atoms in total. The van der Waals surface area contributed by atoms with Crippen LogP contribution in [0.1, 0.15) is 12.8 Å². The van der Waals surface area contributed by atoms with Crippen molar-refractivity contribution in [3.05, 3.63) is 18.5 Å². The summed E-state index contributed by atoms with van der Waals surface area (Å²) < 4.78 is 0. The monoisotopic (exact) mass is 250 g/mol. The van der Waals surface area contributed by atoms with Crippen LogP contribution in [0.4, 0.5) is 5.95 Å². The molecule has 2 N–H and O–H groups in total. The topological polar surface area (TPSA) is 95.4 Å². The molecule has 0 spiro atoms. The fourth-order valence-corrected chi connectivity index (χ4v) is 2.01. The Kier molecular flexibility index (Phi) is 3.83. The quantitative estimate of drug-likeness (QED) is 0.778. The number of hydrogen-bond donors (Lipinski definition) is 2. The predicted octanol–water partition coefficient (Wildman–Crippen LogP) is -0.0359. The van der Waals surface area contributed by atoms with Crippen molar-refractivity contribution in [2.24, 2.45) is 0 Å². The Balaban J connectivity index is 1.90. The maximum absolute atomic E-state index is 11.7. The van der Waals surface area contributed by atoms with E-state index in [-0.39, 0.29) is 18.4 Å². The number of carboxylic acids is 1. The van der Waals surface area contributed by atoms with Gasteiger partial charge in [-0.3, -0.25) is 19.8 Å². The molecular formula is C11H14N4O3. The molecule has 1 fully saturated rings. The lowest BCUT2D eigenvalue weighted by Crippen LogP contribution is -2.41. The molecule has 0 bridgehead atoms. The second-order valence-corrected chi connectivity index (χ2v) is 4.09. The Morgan fingerprint density at radius 2 is 2.17 bits per heavy atom. The standard InChI is InChI=1S/C11H14N4O3/c16-9(14-11-12-4-2-5-13-11)7-15-6-1-3-8(15)10(17)18/h2,4-5,8H,1,3,6-7H2,(H,17,18)(H,12,13,14,16). The lowest BCUT2D eigenvalue weighted by molar-refractivity contribution is -0.142. The van der Waals surface area contributed by atoms with Crippen molar-refractivity contribution in [2.75, 3.05) is 18.4 Å².